The first-order chi connectivity index (χ1) is 9.49. The van der Waals surface area contributed by atoms with Gasteiger partial charge in [0.1, 0.15) is 0 Å². The Hall–Kier alpha value is -2.01. The second kappa shape index (κ2) is 7.55. The van der Waals surface area contributed by atoms with E-state index >= 15 is 0 Å². The molecule has 0 spiro atoms. The Bertz CT molecular complexity index is 472. The summed E-state index contributed by atoms with van der Waals surface area (Å²) in [5.74, 6) is 0.425. The molecule has 0 saturated heterocycles. The van der Waals surface area contributed by atoms with Gasteiger partial charge >= 0.3 is 0 Å². The van der Waals surface area contributed by atoms with Crippen molar-refractivity contribution in [2.45, 2.75) is 19.0 Å². The summed E-state index contributed by atoms with van der Waals surface area (Å²) in [6.45, 7) is 4.05. The van der Waals surface area contributed by atoms with E-state index in [1.165, 1.54) is 7.11 Å². The highest BCUT2D eigenvalue weighted by Gasteiger charge is 2.18. The van der Waals surface area contributed by atoms with Gasteiger partial charge in [-0.3, -0.25) is 9.69 Å². The molecule has 1 aromatic carbocycles. The van der Waals surface area contributed by atoms with Crippen molar-refractivity contribution in [1.82, 2.24) is 10.2 Å². The van der Waals surface area contributed by atoms with E-state index in [1.807, 2.05) is 19.0 Å². The summed E-state index contributed by atoms with van der Waals surface area (Å²) < 4.78 is 5.03. The van der Waals surface area contributed by atoms with Gasteiger partial charge in [-0.2, -0.15) is 0 Å². The van der Waals surface area contributed by atoms with Crippen molar-refractivity contribution in [1.29, 1.82) is 0 Å². The number of carbonyl (C=O) groups excluding carboxylic acids is 1. The van der Waals surface area contributed by atoms with Gasteiger partial charge in [0.05, 0.1) is 13.2 Å². The molecular formula is C15H22N2O3. The van der Waals surface area contributed by atoms with Crippen molar-refractivity contribution < 1.29 is 14.6 Å². The zero-order valence-corrected chi connectivity index (χ0v) is 12.2. The molecule has 0 fully saturated rings. The number of nitrogens with zero attached hydrogens (tertiary/aromatic N) is 1. The Morgan fingerprint density at radius 3 is 2.80 bits per heavy atom. The quantitative estimate of drug-likeness (QED) is 0.742. The van der Waals surface area contributed by atoms with E-state index in [9.17, 15) is 9.90 Å². The summed E-state index contributed by atoms with van der Waals surface area (Å²) in [5.41, 5.74) is 0.865. The third-order valence-electron chi connectivity index (χ3n) is 3.03. The lowest BCUT2D eigenvalue weighted by Crippen LogP contribution is -2.42. The molecule has 1 rings (SSSR count). The van der Waals surface area contributed by atoms with Gasteiger partial charge in [0.2, 0.25) is 5.91 Å². The van der Waals surface area contributed by atoms with Gasteiger partial charge in [0.25, 0.3) is 0 Å². The van der Waals surface area contributed by atoms with Crippen LogP contribution in [0.3, 0.4) is 0 Å². The Labute approximate surface area is 119 Å². The van der Waals surface area contributed by atoms with Crippen molar-refractivity contribution in [2.24, 2.45) is 0 Å². The fourth-order valence-electron chi connectivity index (χ4n) is 1.85. The fraction of sp³-hybridized carbons (Fsp3) is 0.400. The first kappa shape index (κ1) is 16.0. The monoisotopic (exact) mass is 278 g/mol. The van der Waals surface area contributed by atoms with Crippen molar-refractivity contribution in [3.05, 3.63) is 36.4 Å². The molecule has 1 atom stereocenters. The van der Waals surface area contributed by atoms with Crippen LogP contribution >= 0.6 is 0 Å². The highest BCUT2D eigenvalue weighted by Crippen LogP contribution is 2.26. The summed E-state index contributed by atoms with van der Waals surface area (Å²) in [6.07, 6.45) is 2.32. The smallest absolute Gasteiger partial charge is 0.237 e. The number of hydrogen-bond donors (Lipinski definition) is 2. The number of methoxy groups -OCH3 is 1. The van der Waals surface area contributed by atoms with E-state index in [2.05, 4.69) is 11.9 Å². The number of nitrogens with one attached hydrogen (secondary N) is 1. The number of aromatic hydroxyl groups is 1. The lowest BCUT2D eigenvalue weighted by molar-refractivity contribution is -0.125. The number of rotatable bonds is 7. The van der Waals surface area contributed by atoms with E-state index in [0.29, 0.717) is 18.7 Å². The lowest BCUT2D eigenvalue weighted by atomic mass is 10.1. The largest absolute Gasteiger partial charge is 0.504 e. The van der Waals surface area contributed by atoms with E-state index < -0.39 is 0 Å². The maximum absolute atomic E-state index is 12.1. The van der Waals surface area contributed by atoms with Crippen LogP contribution < -0.4 is 10.1 Å². The van der Waals surface area contributed by atoms with Gasteiger partial charge in [-0.1, -0.05) is 12.1 Å². The van der Waals surface area contributed by atoms with Gasteiger partial charge in [-0.15, -0.1) is 6.58 Å². The van der Waals surface area contributed by atoms with E-state index in [1.54, 1.807) is 24.3 Å². The fourth-order valence-corrected chi connectivity index (χ4v) is 1.85. The topological polar surface area (TPSA) is 61.8 Å². The molecule has 0 saturated carbocycles. The SMILES string of the molecule is C=CCC(C(=O)NCc1ccc(O)c(OC)c1)N(C)C. The highest BCUT2D eigenvalue weighted by atomic mass is 16.5. The Morgan fingerprint density at radius 1 is 1.55 bits per heavy atom. The van der Waals surface area contributed by atoms with Crippen molar-refractivity contribution in [3.63, 3.8) is 0 Å². The molecule has 0 aliphatic carbocycles. The maximum atomic E-state index is 12.1. The third kappa shape index (κ3) is 4.28. The highest BCUT2D eigenvalue weighted by molar-refractivity contribution is 5.81. The number of carbonyl (C=O) groups is 1. The molecule has 0 aliphatic rings. The van der Waals surface area contributed by atoms with Gasteiger partial charge in [0.15, 0.2) is 11.5 Å². The van der Waals surface area contributed by atoms with Crippen LogP contribution in [0.15, 0.2) is 30.9 Å². The molecule has 0 bridgehead atoms. The van der Waals surface area contributed by atoms with Gasteiger partial charge in [-0.05, 0) is 38.2 Å². The van der Waals surface area contributed by atoms with Crippen molar-refractivity contribution in [3.8, 4) is 11.5 Å². The first-order valence-corrected chi connectivity index (χ1v) is 6.40. The second-order valence-electron chi connectivity index (χ2n) is 4.73. The maximum Gasteiger partial charge on any atom is 0.237 e. The number of hydrogen-bond acceptors (Lipinski definition) is 4. The van der Waals surface area contributed by atoms with E-state index in [-0.39, 0.29) is 17.7 Å². The molecule has 0 aromatic heterocycles. The minimum atomic E-state index is -0.230. The minimum absolute atomic E-state index is 0.0538. The zero-order valence-electron chi connectivity index (χ0n) is 12.2. The number of phenolic OH excluding ortho intramolecular Hbond substituents is 1. The average molecular weight is 278 g/mol. The van der Waals surface area contributed by atoms with Gasteiger partial charge in [0, 0.05) is 6.54 Å². The average Bonchev–Trinajstić information content (AvgIpc) is 2.43. The summed E-state index contributed by atoms with van der Waals surface area (Å²) >= 11 is 0. The molecule has 0 aliphatic heterocycles. The molecule has 0 radical (unpaired) electrons. The van der Waals surface area contributed by atoms with Crippen LogP contribution in [-0.2, 0) is 11.3 Å². The summed E-state index contributed by atoms with van der Waals surface area (Å²) in [5, 5.41) is 12.4. The molecule has 5 nitrogen and oxygen atoms in total. The summed E-state index contributed by atoms with van der Waals surface area (Å²) in [4.78, 5) is 13.9. The van der Waals surface area contributed by atoms with Crippen LogP contribution in [0, 0.1) is 0 Å². The molecular weight excluding hydrogens is 256 g/mol. The molecule has 1 unspecified atom stereocenters. The van der Waals surface area contributed by atoms with Gasteiger partial charge in [-0.25, -0.2) is 0 Å². The second-order valence-corrected chi connectivity index (χ2v) is 4.73. The van der Waals surface area contributed by atoms with Crippen LogP contribution in [0.4, 0.5) is 0 Å². The normalized spacial score (nSPS) is 12.0. The van der Waals surface area contributed by atoms with Crippen LogP contribution in [0.5, 0.6) is 11.5 Å². The number of benzene rings is 1. The summed E-state index contributed by atoms with van der Waals surface area (Å²) in [7, 11) is 5.21. The molecule has 110 valence electrons. The lowest BCUT2D eigenvalue weighted by Gasteiger charge is -2.22. The number of likely N-dealkylation sites (N-methyl/N-ethyl adjacent to an activating group) is 1. The Morgan fingerprint density at radius 2 is 2.25 bits per heavy atom. The van der Waals surface area contributed by atoms with Crippen LogP contribution in [0.1, 0.15) is 12.0 Å². The third-order valence-corrected chi connectivity index (χ3v) is 3.03. The van der Waals surface area contributed by atoms with E-state index in [4.69, 9.17) is 4.74 Å². The van der Waals surface area contributed by atoms with Gasteiger partial charge < -0.3 is 15.2 Å². The minimum Gasteiger partial charge on any atom is -0.504 e. The molecule has 5 heteroatoms. The summed E-state index contributed by atoms with van der Waals surface area (Å²) in [6, 6.07) is 4.77. The number of phenols is 1. The number of amides is 1. The first-order valence-electron chi connectivity index (χ1n) is 6.40. The molecule has 20 heavy (non-hydrogen) atoms. The molecule has 0 heterocycles. The standard InChI is InChI=1S/C15H22N2O3/c1-5-6-12(17(2)3)15(19)16-10-11-7-8-13(18)14(9-11)20-4/h5,7-9,12,18H,1,6,10H2,2-4H3,(H,16,19). The van der Waals surface area contributed by atoms with Crippen LogP contribution in [0.25, 0.3) is 0 Å². The molecule has 1 amide bonds. The van der Waals surface area contributed by atoms with E-state index in [0.717, 1.165) is 5.56 Å². The zero-order chi connectivity index (χ0) is 15.1. The van der Waals surface area contributed by atoms with Crippen LogP contribution in [0.2, 0.25) is 0 Å². The van der Waals surface area contributed by atoms with Crippen molar-refractivity contribution in [2.75, 3.05) is 21.2 Å². The number of ether oxygens (including phenoxy) is 1. The molecule has 2 N–H and O–H groups in total. The van der Waals surface area contributed by atoms with Crippen LogP contribution in [-0.4, -0.2) is 43.2 Å². The van der Waals surface area contributed by atoms with Crippen molar-refractivity contribution >= 4 is 5.91 Å². The Balaban J connectivity index is 2.66. The predicted molar refractivity (Wildman–Crippen MR) is 78.8 cm³/mol. The predicted octanol–water partition coefficient (Wildman–Crippen LogP) is 1.52. The molecule has 1 aromatic rings. The Kier molecular flexibility index (Phi) is 6.06.